The molecule has 7 heteroatoms. The van der Waals surface area contributed by atoms with Gasteiger partial charge in [-0.05, 0) is 25.1 Å². The maximum atomic E-state index is 14.1. The number of carbonyl (C=O) groups is 1. The molecule has 1 aromatic heterocycles. The van der Waals surface area contributed by atoms with Crippen molar-refractivity contribution < 1.29 is 9.18 Å². The predicted octanol–water partition coefficient (Wildman–Crippen LogP) is 1.80. The van der Waals surface area contributed by atoms with Crippen molar-refractivity contribution in [2.24, 2.45) is 0 Å². The number of amides is 1. The van der Waals surface area contributed by atoms with E-state index in [1.165, 1.54) is 6.07 Å². The summed E-state index contributed by atoms with van der Waals surface area (Å²) < 4.78 is 15.9. The summed E-state index contributed by atoms with van der Waals surface area (Å²) in [6.45, 7) is 4.04. The molecule has 2 aromatic rings. The van der Waals surface area contributed by atoms with Crippen molar-refractivity contribution in [1.82, 2.24) is 14.5 Å². The van der Waals surface area contributed by atoms with E-state index in [-0.39, 0.29) is 11.9 Å². The van der Waals surface area contributed by atoms with Gasteiger partial charge in [0.05, 0.1) is 23.6 Å². The van der Waals surface area contributed by atoms with Crippen molar-refractivity contribution in [2.45, 2.75) is 13.0 Å². The van der Waals surface area contributed by atoms with Crippen LogP contribution in [0.2, 0.25) is 0 Å². The van der Waals surface area contributed by atoms with Gasteiger partial charge in [0.15, 0.2) is 0 Å². The van der Waals surface area contributed by atoms with Gasteiger partial charge in [-0.15, -0.1) is 0 Å². The average Bonchev–Trinajstić information content (AvgIpc) is 3.15. The highest BCUT2D eigenvalue weighted by atomic mass is 19.1. The third-order valence-electron chi connectivity index (χ3n) is 4.34. The molecule has 1 aromatic carbocycles. The highest BCUT2D eigenvalue weighted by Crippen LogP contribution is 2.22. The number of benzene rings is 1. The van der Waals surface area contributed by atoms with Crippen molar-refractivity contribution >= 4 is 11.6 Å². The molecule has 1 fully saturated rings. The second-order valence-electron chi connectivity index (χ2n) is 5.78. The Labute approximate surface area is 139 Å². The molecule has 1 unspecified atom stereocenters. The Bertz CT molecular complexity index is 760. The molecular weight excluding hydrogens is 309 g/mol. The van der Waals surface area contributed by atoms with Crippen LogP contribution in [-0.2, 0) is 4.79 Å². The van der Waals surface area contributed by atoms with Crippen molar-refractivity contribution in [3.63, 3.8) is 0 Å². The number of nitriles is 1. The summed E-state index contributed by atoms with van der Waals surface area (Å²) >= 11 is 0. The number of piperazine rings is 1. The molecule has 24 heavy (non-hydrogen) atoms. The molecule has 1 amide bonds. The predicted molar refractivity (Wildman–Crippen MR) is 86.8 cm³/mol. The zero-order chi connectivity index (χ0) is 17.1. The summed E-state index contributed by atoms with van der Waals surface area (Å²) in [5, 5.41) is 8.81. The number of carbonyl (C=O) groups excluding carboxylic acids is 1. The minimum absolute atomic E-state index is 0.0351. The number of nitrogens with zero attached hydrogens (tertiary/aromatic N) is 5. The van der Waals surface area contributed by atoms with Gasteiger partial charge in [0, 0.05) is 38.6 Å². The molecule has 2 heterocycles. The Balaban J connectivity index is 1.64. The van der Waals surface area contributed by atoms with E-state index in [1.54, 1.807) is 40.3 Å². The van der Waals surface area contributed by atoms with Crippen LogP contribution in [0.1, 0.15) is 18.5 Å². The molecule has 0 radical (unpaired) electrons. The average molecular weight is 327 g/mol. The van der Waals surface area contributed by atoms with Crippen molar-refractivity contribution in [3.8, 4) is 6.07 Å². The van der Waals surface area contributed by atoms with Gasteiger partial charge in [-0.3, -0.25) is 4.79 Å². The normalized spacial score (nSPS) is 15.9. The molecule has 0 aliphatic carbocycles. The van der Waals surface area contributed by atoms with Gasteiger partial charge in [-0.2, -0.15) is 5.26 Å². The Hall–Kier alpha value is -2.88. The molecule has 6 nitrogen and oxygen atoms in total. The van der Waals surface area contributed by atoms with Crippen LogP contribution in [0.4, 0.5) is 10.1 Å². The lowest BCUT2D eigenvalue weighted by Gasteiger charge is -2.37. The van der Waals surface area contributed by atoms with Crippen LogP contribution in [0, 0.1) is 17.1 Å². The summed E-state index contributed by atoms with van der Waals surface area (Å²) in [5.74, 6) is -0.367. The standard InChI is InChI=1S/C17H18FN5O/c1-13(23-5-4-20-12-23)17(24)22-8-6-21(7-9-22)16-3-2-14(11-19)10-15(16)18/h2-5,10,12-13H,6-9H2,1H3. The van der Waals surface area contributed by atoms with Gasteiger partial charge in [-0.1, -0.05) is 0 Å². The number of hydrogen-bond acceptors (Lipinski definition) is 4. The lowest BCUT2D eigenvalue weighted by atomic mass is 10.1. The summed E-state index contributed by atoms with van der Waals surface area (Å²) in [6.07, 6.45) is 5.05. The number of hydrogen-bond donors (Lipinski definition) is 0. The minimum atomic E-state index is -0.402. The molecule has 0 saturated carbocycles. The molecule has 0 N–H and O–H groups in total. The topological polar surface area (TPSA) is 65.2 Å². The van der Waals surface area contributed by atoms with Crippen LogP contribution < -0.4 is 4.90 Å². The first kappa shape index (κ1) is 16.0. The summed E-state index contributed by atoms with van der Waals surface area (Å²) in [6, 6.07) is 6.10. The lowest BCUT2D eigenvalue weighted by molar-refractivity contribution is -0.134. The van der Waals surface area contributed by atoms with Gasteiger partial charge in [0.2, 0.25) is 5.91 Å². The Morgan fingerprint density at radius 1 is 1.33 bits per heavy atom. The molecule has 1 aliphatic rings. The first-order chi connectivity index (χ1) is 11.6. The van der Waals surface area contributed by atoms with Crippen LogP contribution in [-0.4, -0.2) is 46.5 Å². The van der Waals surface area contributed by atoms with Crippen molar-refractivity contribution in [2.75, 3.05) is 31.1 Å². The van der Waals surface area contributed by atoms with Crippen LogP contribution in [0.5, 0.6) is 0 Å². The van der Waals surface area contributed by atoms with Gasteiger partial charge in [0.1, 0.15) is 11.9 Å². The fourth-order valence-corrected chi connectivity index (χ4v) is 2.89. The maximum absolute atomic E-state index is 14.1. The van der Waals surface area contributed by atoms with E-state index in [2.05, 4.69) is 4.98 Å². The highest BCUT2D eigenvalue weighted by Gasteiger charge is 2.26. The summed E-state index contributed by atoms with van der Waals surface area (Å²) in [5.41, 5.74) is 0.781. The fraction of sp³-hybridized carbons (Fsp3) is 0.353. The molecule has 1 atom stereocenters. The number of anilines is 1. The summed E-state index contributed by atoms with van der Waals surface area (Å²) in [7, 11) is 0. The molecule has 1 saturated heterocycles. The van der Waals surface area contributed by atoms with Gasteiger partial charge >= 0.3 is 0 Å². The zero-order valence-electron chi connectivity index (χ0n) is 13.4. The maximum Gasteiger partial charge on any atom is 0.245 e. The molecular formula is C17H18FN5O. The monoisotopic (exact) mass is 327 g/mol. The van der Waals surface area contributed by atoms with Crippen LogP contribution >= 0.6 is 0 Å². The van der Waals surface area contributed by atoms with E-state index in [4.69, 9.17) is 5.26 Å². The second kappa shape index (κ2) is 6.71. The highest BCUT2D eigenvalue weighted by molar-refractivity contribution is 5.80. The van der Waals surface area contributed by atoms with Gasteiger partial charge in [-0.25, -0.2) is 9.37 Å². The Kier molecular flexibility index (Phi) is 4.47. The Morgan fingerprint density at radius 3 is 2.67 bits per heavy atom. The quantitative estimate of drug-likeness (QED) is 0.862. The fourth-order valence-electron chi connectivity index (χ4n) is 2.89. The third kappa shape index (κ3) is 3.08. The molecule has 0 bridgehead atoms. The first-order valence-electron chi connectivity index (χ1n) is 7.81. The van der Waals surface area contributed by atoms with E-state index in [0.29, 0.717) is 37.4 Å². The molecule has 3 rings (SSSR count). The molecule has 124 valence electrons. The van der Waals surface area contributed by atoms with Crippen LogP contribution in [0.3, 0.4) is 0 Å². The largest absolute Gasteiger partial charge is 0.366 e. The van der Waals surface area contributed by atoms with Crippen LogP contribution in [0.25, 0.3) is 0 Å². The van der Waals surface area contributed by atoms with E-state index in [0.717, 1.165) is 0 Å². The molecule has 1 aliphatic heterocycles. The van der Waals surface area contributed by atoms with Crippen molar-refractivity contribution in [1.29, 1.82) is 5.26 Å². The number of halogens is 1. The van der Waals surface area contributed by atoms with Gasteiger partial charge < -0.3 is 14.4 Å². The number of imidazole rings is 1. The van der Waals surface area contributed by atoms with Gasteiger partial charge in [0.25, 0.3) is 0 Å². The number of rotatable bonds is 3. The van der Waals surface area contributed by atoms with Crippen molar-refractivity contribution in [3.05, 3.63) is 48.3 Å². The van der Waals surface area contributed by atoms with E-state index in [1.807, 2.05) is 17.9 Å². The SMILES string of the molecule is CC(C(=O)N1CCN(c2ccc(C#N)cc2F)CC1)n1ccnc1. The second-order valence-corrected chi connectivity index (χ2v) is 5.78. The number of aromatic nitrogens is 2. The molecule has 0 spiro atoms. The lowest BCUT2D eigenvalue weighted by Crippen LogP contribution is -2.50. The Morgan fingerprint density at radius 2 is 2.08 bits per heavy atom. The van der Waals surface area contributed by atoms with E-state index < -0.39 is 5.82 Å². The zero-order valence-corrected chi connectivity index (χ0v) is 13.4. The minimum Gasteiger partial charge on any atom is -0.366 e. The first-order valence-corrected chi connectivity index (χ1v) is 7.81. The smallest absolute Gasteiger partial charge is 0.245 e. The van der Waals surface area contributed by atoms with Crippen LogP contribution in [0.15, 0.2) is 36.9 Å². The van der Waals surface area contributed by atoms with E-state index in [9.17, 15) is 9.18 Å². The van der Waals surface area contributed by atoms with E-state index >= 15 is 0 Å². The third-order valence-corrected chi connectivity index (χ3v) is 4.34. The summed E-state index contributed by atoms with van der Waals surface area (Å²) in [4.78, 5) is 20.2.